The Labute approximate surface area is 171 Å². The molecule has 10 heteroatoms. The predicted molar refractivity (Wildman–Crippen MR) is 109 cm³/mol. The first-order valence-electron chi connectivity index (χ1n) is 8.81. The van der Waals surface area contributed by atoms with Crippen LogP contribution in [-0.4, -0.2) is 64.1 Å². The van der Waals surface area contributed by atoms with Gasteiger partial charge in [0.15, 0.2) is 15.5 Å². The summed E-state index contributed by atoms with van der Waals surface area (Å²) >= 11 is 7.54. The number of anilines is 1. The highest BCUT2D eigenvalue weighted by molar-refractivity contribution is 7.22. The lowest BCUT2D eigenvalue weighted by molar-refractivity contribution is 0.143. The van der Waals surface area contributed by atoms with Gasteiger partial charge in [0.1, 0.15) is 6.33 Å². The van der Waals surface area contributed by atoms with E-state index in [0.717, 1.165) is 30.2 Å². The van der Waals surface area contributed by atoms with Crippen molar-refractivity contribution in [3.8, 4) is 5.88 Å². The average Bonchev–Trinajstić information content (AvgIpc) is 3.12. The van der Waals surface area contributed by atoms with E-state index in [1.165, 1.54) is 24.8 Å². The molecule has 3 heterocycles. The van der Waals surface area contributed by atoms with Crippen LogP contribution in [-0.2, 0) is 6.54 Å². The lowest BCUT2D eigenvalue weighted by Crippen LogP contribution is -2.49. The number of rotatable bonds is 4. The van der Waals surface area contributed by atoms with E-state index in [-0.39, 0.29) is 6.03 Å². The summed E-state index contributed by atoms with van der Waals surface area (Å²) in [5, 5.41) is 4.12. The Morgan fingerprint density at radius 1 is 1.25 bits per heavy atom. The van der Waals surface area contributed by atoms with Gasteiger partial charge in [0, 0.05) is 37.7 Å². The summed E-state index contributed by atoms with van der Waals surface area (Å²) in [5.41, 5.74) is 1.65. The summed E-state index contributed by atoms with van der Waals surface area (Å²) in [7, 11) is 1.53. The van der Waals surface area contributed by atoms with Crippen LogP contribution >= 0.6 is 22.9 Å². The zero-order valence-corrected chi connectivity index (χ0v) is 16.8. The SMILES string of the molecule is COc1ncnc2sc(NC(=O)N3CCN(Cc4ccccc4Cl)CC3)nc12. The number of carbonyl (C=O) groups is 1. The van der Waals surface area contributed by atoms with E-state index in [9.17, 15) is 4.79 Å². The number of urea groups is 1. The second-order valence-corrected chi connectivity index (χ2v) is 7.73. The molecule has 0 bridgehead atoms. The van der Waals surface area contributed by atoms with Gasteiger partial charge in [-0.15, -0.1) is 0 Å². The van der Waals surface area contributed by atoms with Crippen molar-refractivity contribution in [3.05, 3.63) is 41.2 Å². The number of hydrogen-bond donors (Lipinski definition) is 1. The summed E-state index contributed by atoms with van der Waals surface area (Å²) in [4.78, 5) is 29.9. The molecule has 0 unspecified atom stereocenters. The van der Waals surface area contributed by atoms with Gasteiger partial charge in [-0.1, -0.05) is 41.1 Å². The van der Waals surface area contributed by atoms with Crippen molar-refractivity contribution in [3.63, 3.8) is 0 Å². The molecule has 0 spiro atoms. The highest BCUT2D eigenvalue weighted by Crippen LogP contribution is 2.29. The zero-order valence-electron chi connectivity index (χ0n) is 15.3. The van der Waals surface area contributed by atoms with Crippen LogP contribution in [0.1, 0.15) is 5.56 Å². The molecule has 1 fully saturated rings. The molecule has 1 aromatic carbocycles. The summed E-state index contributed by atoms with van der Waals surface area (Å²) in [5.74, 6) is 0.398. The average molecular weight is 419 g/mol. The van der Waals surface area contributed by atoms with Crippen LogP contribution in [0.25, 0.3) is 10.3 Å². The Morgan fingerprint density at radius 2 is 2.04 bits per heavy atom. The van der Waals surface area contributed by atoms with Gasteiger partial charge in [-0.25, -0.2) is 14.8 Å². The Hall–Kier alpha value is -2.49. The number of piperazine rings is 1. The number of aromatic nitrogens is 3. The second-order valence-electron chi connectivity index (χ2n) is 6.34. The summed E-state index contributed by atoms with van der Waals surface area (Å²) in [6, 6.07) is 7.69. The highest BCUT2D eigenvalue weighted by Gasteiger charge is 2.23. The lowest BCUT2D eigenvalue weighted by atomic mass is 10.2. The van der Waals surface area contributed by atoms with E-state index in [1.807, 2.05) is 24.3 Å². The van der Waals surface area contributed by atoms with Gasteiger partial charge in [-0.3, -0.25) is 10.2 Å². The van der Waals surface area contributed by atoms with E-state index in [4.69, 9.17) is 16.3 Å². The summed E-state index contributed by atoms with van der Waals surface area (Å²) < 4.78 is 5.19. The lowest BCUT2D eigenvalue weighted by Gasteiger charge is -2.34. The minimum Gasteiger partial charge on any atom is -0.479 e. The zero-order chi connectivity index (χ0) is 19.5. The molecule has 1 saturated heterocycles. The largest absolute Gasteiger partial charge is 0.479 e. The first-order chi connectivity index (χ1) is 13.6. The maximum atomic E-state index is 12.6. The number of benzene rings is 1. The van der Waals surface area contributed by atoms with Crippen molar-refractivity contribution in [2.75, 3.05) is 38.6 Å². The molecule has 0 radical (unpaired) electrons. The molecular weight excluding hydrogens is 400 g/mol. The topological polar surface area (TPSA) is 83.5 Å². The number of methoxy groups -OCH3 is 1. The van der Waals surface area contributed by atoms with E-state index >= 15 is 0 Å². The smallest absolute Gasteiger partial charge is 0.323 e. The maximum Gasteiger partial charge on any atom is 0.323 e. The standard InChI is InChI=1S/C18H19ClN6O2S/c1-27-15-14-16(21-11-20-15)28-17(22-14)23-18(26)25-8-6-24(7-9-25)10-12-4-2-3-5-13(12)19/h2-5,11H,6-10H2,1H3,(H,22,23,26). The number of ether oxygens (including phenoxy) is 1. The number of hydrogen-bond acceptors (Lipinski definition) is 7. The Bertz CT molecular complexity index is 989. The van der Waals surface area contributed by atoms with Crippen LogP contribution < -0.4 is 10.1 Å². The fourth-order valence-electron chi connectivity index (χ4n) is 3.08. The molecule has 1 aliphatic heterocycles. The summed E-state index contributed by atoms with van der Waals surface area (Å²) in [6.45, 7) is 3.65. The highest BCUT2D eigenvalue weighted by atomic mass is 35.5. The number of nitrogens with one attached hydrogen (secondary N) is 1. The Kier molecular flexibility index (Phi) is 5.56. The number of amides is 2. The van der Waals surface area contributed by atoms with Crippen molar-refractivity contribution in [1.82, 2.24) is 24.8 Å². The van der Waals surface area contributed by atoms with Crippen LogP contribution in [0.15, 0.2) is 30.6 Å². The number of nitrogens with zero attached hydrogens (tertiary/aromatic N) is 5. The molecule has 2 aromatic heterocycles. The van der Waals surface area contributed by atoms with Gasteiger partial charge in [-0.2, -0.15) is 4.98 Å². The molecule has 3 aromatic rings. The molecule has 0 aliphatic carbocycles. The van der Waals surface area contributed by atoms with E-state index in [1.54, 1.807) is 4.90 Å². The molecular formula is C18H19ClN6O2S. The van der Waals surface area contributed by atoms with Gasteiger partial charge < -0.3 is 9.64 Å². The second kappa shape index (κ2) is 8.26. The van der Waals surface area contributed by atoms with Gasteiger partial charge in [0.2, 0.25) is 5.88 Å². The number of fused-ring (bicyclic) bond motifs is 1. The normalized spacial score (nSPS) is 15.0. The van der Waals surface area contributed by atoms with Gasteiger partial charge in [0.25, 0.3) is 0 Å². The van der Waals surface area contributed by atoms with Crippen LogP contribution in [0.3, 0.4) is 0 Å². The summed E-state index contributed by atoms with van der Waals surface area (Å²) in [6.07, 6.45) is 1.42. The molecule has 146 valence electrons. The molecule has 2 amide bonds. The van der Waals surface area contributed by atoms with Crippen molar-refractivity contribution < 1.29 is 9.53 Å². The molecule has 1 aliphatic rings. The van der Waals surface area contributed by atoms with Crippen molar-refractivity contribution in [2.45, 2.75) is 6.54 Å². The van der Waals surface area contributed by atoms with Crippen molar-refractivity contribution in [2.24, 2.45) is 0 Å². The molecule has 28 heavy (non-hydrogen) atoms. The quantitative estimate of drug-likeness (QED) is 0.701. The van der Waals surface area contributed by atoms with Crippen LogP contribution in [0.2, 0.25) is 5.02 Å². The van der Waals surface area contributed by atoms with Crippen LogP contribution in [0.4, 0.5) is 9.93 Å². The predicted octanol–water partition coefficient (Wildman–Crippen LogP) is 3.10. The van der Waals surface area contributed by atoms with Crippen LogP contribution in [0.5, 0.6) is 5.88 Å². The van der Waals surface area contributed by atoms with E-state index < -0.39 is 0 Å². The van der Waals surface area contributed by atoms with Gasteiger partial charge >= 0.3 is 6.03 Å². The minimum absolute atomic E-state index is 0.164. The van der Waals surface area contributed by atoms with E-state index in [2.05, 4.69) is 25.2 Å². The third-order valence-electron chi connectivity index (χ3n) is 4.58. The monoisotopic (exact) mass is 418 g/mol. The number of thiazole rings is 1. The first-order valence-corrected chi connectivity index (χ1v) is 10.0. The molecule has 1 N–H and O–H groups in total. The number of carbonyl (C=O) groups excluding carboxylic acids is 1. The third-order valence-corrected chi connectivity index (χ3v) is 5.83. The molecule has 0 saturated carbocycles. The van der Waals surface area contributed by atoms with E-state index in [0.29, 0.717) is 34.4 Å². The maximum absolute atomic E-state index is 12.6. The van der Waals surface area contributed by atoms with Crippen molar-refractivity contribution in [1.29, 1.82) is 0 Å². The van der Waals surface area contributed by atoms with Gasteiger partial charge in [0.05, 0.1) is 7.11 Å². The Morgan fingerprint density at radius 3 is 2.79 bits per heavy atom. The first kappa shape index (κ1) is 18.9. The number of halogens is 1. The van der Waals surface area contributed by atoms with Gasteiger partial charge in [-0.05, 0) is 11.6 Å². The molecule has 4 rings (SSSR count). The Balaban J connectivity index is 1.35. The fourth-order valence-corrected chi connectivity index (χ4v) is 4.07. The third kappa shape index (κ3) is 4.01. The van der Waals surface area contributed by atoms with Crippen LogP contribution in [0, 0.1) is 0 Å². The van der Waals surface area contributed by atoms with Crippen molar-refractivity contribution >= 4 is 44.4 Å². The minimum atomic E-state index is -0.164. The fraction of sp³-hybridized carbons (Fsp3) is 0.333. The molecule has 0 atom stereocenters. The molecule has 8 nitrogen and oxygen atoms in total.